The first-order valence-corrected chi connectivity index (χ1v) is 4.58. The Morgan fingerprint density at radius 2 is 2.20 bits per heavy atom. The van der Waals surface area contributed by atoms with E-state index in [9.17, 15) is 0 Å². The Bertz CT molecular complexity index is 90.7. The maximum atomic E-state index is 3.58. The van der Waals surface area contributed by atoms with Crippen molar-refractivity contribution in [2.75, 3.05) is 6.54 Å². The van der Waals surface area contributed by atoms with Crippen molar-refractivity contribution in [1.82, 2.24) is 5.32 Å². The van der Waals surface area contributed by atoms with E-state index in [0.717, 1.165) is 12.0 Å². The second kappa shape index (κ2) is 3.97. The molecule has 0 radical (unpaired) electrons. The van der Waals surface area contributed by atoms with Crippen LogP contribution in [0.25, 0.3) is 0 Å². The van der Waals surface area contributed by atoms with Gasteiger partial charge in [0.25, 0.3) is 0 Å². The summed E-state index contributed by atoms with van der Waals surface area (Å²) in [5.41, 5.74) is 0. The summed E-state index contributed by atoms with van der Waals surface area (Å²) < 4.78 is 0. The second-order valence-corrected chi connectivity index (χ2v) is 3.44. The summed E-state index contributed by atoms with van der Waals surface area (Å²) in [6.45, 7) is 5.88. The molecule has 2 unspecified atom stereocenters. The summed E-state index contributed by atoms with van der Waals surface area (Å²) >= 11 is 0. The molecule has 1 heterocycles. The lowest BCUT2D eigenvalue weighted by atomic mass is 9.96. The largest absolute Gasteiger partial charge is 0.314 e. The second-order valence-electron chi connectivity index (χ2n) is 3.44. The van der Waals surface area contributed by atoms with Crippen LogP contribution in [0.15, 0.2) is 0 Å². The third-order valence-corrected chi connectivity index (χ3v) is 2.62. The summed E-state index contributed by atoms with van der Waals surface area (Å²) in [5, 5.41) is 3.58. The Morgan fingerprint density at radius 1 is 1.40 bits per heavy atom. The molecule has 1 saturated heterocycles. The van der Waals surface area contributed by atoms with E-state index >= 15 is 0 Å². The lowest BCUT2D eigenvalue weighted by Crippen LogP contribution is -2.32. The molecule has 1 N–H and O–H groups in total. The van der Waals surface area contributed by atoms with Crippen molar-refractivity contribution in [3.63, 3.8) is 0 Å². The van der Waals surface area contributed by atoms with Gasteiger partial charge in [0.2, 0.25) is 0 Å². The van der Waals surface area contributed by atoms with Gasteiger partial charge in [-0.2, -0.15) is 0 Å². The van der Waals surface area contributed by atoms with Crippen LogP contribution >= 0.6 is 0 Å². The standard InChI is InChI=1S/C9H19N/c1-3-9-8(2)6-4-5-7-10-9/h8-10H,3-7H2,1-2H3. The Morgan fingerprint density at radius 3 is 2.90 bits per heavy atom. The molecule has 0 amide bonds. The molecule has 1 fully saturated rings. The average Bonchev–Trinajstić information content (AvgIpc) is 2.13. The SMILES string of the molecule is CCC1NCCCCC1C. The van der Waals surface area contributed by atoms with Crippen LogP contribution in [0.3, 0.4) is 0 Å². The van der Waals surface area contributed by atoms with E-state index in [2.05, 4.69) is 19.2 Å². The van der Waals surface area contributed by atoms with Gasteiger partial charge in [-0.3, -0.25) is 0 Å². The molecule has 1 aliphatic heterocycles. The Balaban J connectivity index is 2.35. The highest BCUT2D eigenvalue weighted by Crippen LogP contribution is 2.17. The van der Waals surface area contributed by atoms with E-state index in [4.69, 9.17) is 0 Å². The van der Waals surface area contributed by atoms with Gasteiger partial charge < -0.3 is 5.32 Å². The first-order chi connectivity index (χ1) is 4.84. The molecule has 2 atom stereocenters. The Kier molecular flexibility index (Phi) is 3.20. The predicted molar refractivity (Wildman–Crippen MR) is 45.1 cm³/mol. The molecule has 0 aromatic rings. The number of nitrogens with one attached hydrogen (secondary N) is 1. The van der Waals surface area contributed by atoms with Crippen LogP contribution in [0.2, 0.25) is 0 Å². The molecular weight excluding hydrogens is 122 g/mol. The molecule has 1 rings (SSSR count). The molecule has 0 aliphatic carbocycles. The Hall–Kier alpha value is -0.0400. The molecule has 0 aromatic carbocycles. The van der Waals surface area contributed by atoms with Gasteiger partial charge in [-0.05, 0) is 31.7 Å². The van der Waals surface area contributed by atoms with E-state index in [-0.39, 0.29) is 0 Å². The Labute approximate surface area is 64.2 Å². The quantitative estimate of drug-likeness (QED) is 0.590. The van der Waals surface area contributed by atoms with Crippen LogP contribution < -0.4 is 5.32 Å². The van der Waals surface area contributed by atoms with Gasteiger partial charge in [0.05, 0.1) is 0 Å². The van der Waals surface area contributed by atoms with Crippen LogP contribution in [-0.2, 0) is 0 Å². The average molecular weight is 141 g/mol. The lowest BCUT2D eigenvalue weighted by Gasteiger charge is -2.20. The van der Waals surface area contributed by atoms with Crippen molar-refractivity contribution in [3.8, 4) is 0 Å². The maximum absolute atomic E-state index is 3.58. The van der Waals surface area contributed by atoms with Crippen molar-refractivity contribution in [1.29, 1.82) is 0 Å². The summed E-state index contributed by atoms with van der Waals surface area (Å²) in [5.74, 6) is 0.896. The highest BCUT2D eigenvalue weighted by molar-refractivity contribution is 4.74. The van der Waals surface area contributed by atoms with Gasteiger partial charge in [0.1, 0.15) is 0 Å². The van der Waals surface area contributed by atoms with Gasteiger partial charge in [-0.25, -0.2) is 0 Å². The van der Waals surface area contributed by atoms with Crippen LogP contribution in [-0.4, -0.2) is 12.6 Å². The monoisotopic (exact) mass is 141 g/mol. The van der Waals surface area contributed by atoms with Gasteiger partial charge in [0, 0.05) is 6.04 Å². The molecular formula is C9H19N. The first kappa shape index (κ1) is 8.06. The molecule has 0 spiro atoms. The maximum Gasteiger partial charge on any atom is 0.00900 e. The zero-order chi connectivity index (χ0) is 7.40. The third-order valence-electron chi connectivity index (χ3n) is 2.62. The van der Waals surface area contributed by atoms with Crippen molar-refractivity contribution in [2.24, 2.45) is 5.92 Å². The number of hydrogen-bond acceptors (Lipinski definition) is 1. The minimum Gasteiger partial charge on any atom is -0.314 e. The van der Waals surface area contributed by atoms with E-state index in [1.54, 1.807) is 0 Å². The number of rotatable bonds is 1. The smallest absolute Gasteiger partial charge is 0.00900 e. The normalized spacial score (nSPS) is 35.4. The molecule has 60 valence electrons. The zero-order valence-electron chi connectivity index (χ0n) is 7.19. The molecule has 0 saturated carbocycles. The molecule has 1 nitrogen and oxygen atoms in total. The molecule has 1 heteroatoms. The summed E-state index contributed by atoms with van der Waals surface area (Å²) in [7, 11) is 0. The topological polar surface area (TPSA) is 12.0 Å². The van der Waals surface area contributed by atoms with Crippen molar-refractivity contribution < 1.29 is 0 Å². The van der Waals surface area contributed by atoms with Crippen molar-refractivity contribution in [2.45, 2.75) is 45.6 Å². The first-order valence-electron chi connectivity index (χ1n) is 4.58. The zero-order valence-corrected chi connectivity index (χ0v) is 7.19. The van der Waals surface area contributed by atoms with E-state index < -0.39 is 0 Å². The van der Waals surface area contributed by atoms with E-state index in [1.165, 1.54) is 32.2 Å². The lowest BCUT2D eigenvalue weighted by molar-refractivity contribution is 0.379. The fraction of sp³-hybridized carbons (Fsp3) is 1.00. The summed E-state index contributed by atoms with van der Waals surface area (Å²) in [6, 6.07) is 0.794. The fourth-order valence-electron chi connectivity index (χ4n) is 1.83. The van der Waals surface area contributed by atoms with Crippen molar-refractivity contribution >= 4 is 0 Å². The number of hydrogen-bond donors (Lipinski definition) is 1. The van der Waals surface area contributed by atoms with E-state index in [0.29, 0.717) is 0 Å². The van der Waals surface area contributed by atoms with Crippen LogP contribution in [0.1, 0.15) is 39.5 Å². The predicted octanol–water partition coefficient (Wildman–Crippen LogP) is 2.17. The summed E-state index contributed by atoms with van der Waals surface area (Å²) in [4.78, 5) is 0. The fourth-order valence-corrected chi connectivity index (χ4v) is 1.83. The van der Waals surface area contributed by atoms with Crippen LogP contribution in [0.5, 0.6) is 0 Å². The molecule has 0 aromatic heterocycles. The highest BCUT2D eigenvalue weighted by atomic mass is 14.9. The van der Waals surface area contributed by atoms with Crippen LogP contribution in [0, 0.1) is 5.92 Å². The van der Waals surface area contributed by atoms with Gasteiger partial charge in [-0.1, -0.05) is 20.3 Å². The molecule has 0 bridgehead atoms. The van der Waals surface area contributed by atoms with Crippen LogP contribution in [0.4, 0.5) is 0 Å². The van der Waals surface area contributed by atoms with Gasteiger partial charge in [-0.15, -0.1) is 0 Å². The van der Waals surface area contributed by atoms with Gasteiger partial charge in [0.15, 0.2) is 0 Å². The minimum atomic E-state index is 0.794. The van der Waals surface area contributed by atoms with E-state index in [1.807, 2.05) is 0 Å². The minimum absolute atomic E-state index is 0.794. The van der Waals surface area contributed by atoms with Gasteiger partial charge >= 0.3 is 0 Å². The molecule has 1 aliphatic rings. The van der Waals surface area contributed by atoms with Crippen molar-refractivity contribution in [3.05, 3.63) is 0 Å². The summed E-state index contributed by atoms with van der Waals surface area (Å²) in [6.07, 6.45) is 5.51. The third kappa shape index (κ3) is 1.98. The highest BCUT2D eigenvalue weighted by Gasteiger charge is 2.16. The molecule has 10 heavy (non-hydrogen) atoms.